The predicted octanol–water partition coefficient (Wildman–Crippen LogP) is 4.18. The SMILES string of the molecule is CCCCNC(=O)N1Cc2ccccc2-c2ccccc2C1. The maximum Gasteiger partial charge on any atom is 0.318 e. The molecule has 2 aromatic carbocycles. The van der Waals surface area contributed by atoms with Crippen molar-refractivity contribution in [2.75, 3.05) is 6.54 Å². The molecule has 2 amide bonds. The third-order valence-corrected chi connectivity index (χ3v) is 4.14. The highest BCUT2D eigenvalue weighted by molar-refractivity contribution is 5.78. The van der Waals surface area contributed by atoms with Crippen molar-refractivity contribution < 1.29 is 4.79 Å². The fraction of sp³-hybridized carbons (Fsp3) is 0.316. The van der Waals surface area contributed by atoms with Crippen molar-refractivity contribution >= 4 is 6.03 Å². The normalized spacial score (nSPS) is 13.0. The lowest BCUT2D eigenvalue weighted by molar-refractivity contribution is 0.193. The molecule has 3 rings (SSSR count). The Morgan fingerprint density at radius 2 is 1.55 bits per heavy atom. The molecule has 3 nitrogen and oxygen atoms in total. The van der Waals surface area contributed by atoms with Crippen LogP contribution < -0.4 is 5.32 Å². The molecule has 3 heteroatoms. The predicted molar refractivity (Wildman–Crippen MR) is 89.4 cm³/mol. The van der Waals surface area contributed by atoms with Crippen LogP contribution in [0, 0.1) is 0 Å². The molecule has 0 aliphatic carbocycles. The molecule has 0 radical (unpaired) electrons. The van der Waals surface area contributed by atoms with Crippen molar-refractivity contribution in [3.8, 4) is 11.1 Å². The Morgan fingerprint density at radius 3 is 2.09 bits per heavy atom. The van der Waals surface area contributed by atoms with Crippen molar-refractivity contribution in [3.05, 3.63) is 59.7 Å². The maximum atomic E-state index is 12.5. The summed E-state index contributed by atoms with van der Waals surface area (Å²) in [5, 5.41) is 3.03. The Kier molecular flexibility index (Phi) is 4.42. The minimum Gasteiger partial charge on any atom is -0.338 e. The van der Waals surface area contributed by atoms with Crippen LogP contribution in [0.15, 0.2) is 48.5 Å². The first-order chi connectivity index (χ1) is 10.8. The monoisotopic (exact) mass is 294 g/mol. The minimum atomic E-state index is 0.0277. The van der Waals surface area contributed by atoms with Crippen LogP contribution in [0.2, 0.25) is 0 Å². The Morgan fingerprint density at radius 1 is 1.00 bits per heavy atom. The van der Waals surface area contributed by atoms with Crippen molar-refractivity contribution in [1.82, 2.24) is 10.2 Å². The fourth-order valence-electron chi connectivity index (χ4n) is 2.94. The van der Waals surface area contributed by atoms with Crippen LogP contribution in [-0.4, -0.2) is 17.5 Å². The Bertz CT molecular complexity index is 618. The summed E-state index contributed by atoms with van der Waals surface area (Å²) in [6.45, 7) is 4.19. The van der Waals surface area contributed by atoms with Gasteiger partial charge >= 0.3 is 6.03 Å². The van der Waals surface area contributed by atoms with E-state index in [0.717, 1.165) is 19.4 Å². The van der Waals surface area contributed by atoms with E-state index in [1.165, 1.54) is 22.3 Å². The van der Waals surface area contributed by atoms with E-state index in [0.29, 0.717) is 13.1 Å². The van der Waals surface area contributed by atoms with Crippen molar-refractivity contribution in [3.63, 3.8) is 0 Å². The molecule has 1 aliphatic heterocycles. The summed E-state index contributed by atoms with van der Waals surface area (Å²) in [5.41, 5.74) is 4.89. The van der Waals surface area contributed by atoms with E-state index >= 15 is 0 Å². The van der Waals surface area contributed by atoms with Crippen LogP contribution in [-0.2, 0) is 13.1 Å². The molecule has 1 aliphatic rings. The summed E-state index contributed by atoms with van der Waals surface area (Å²) in [7, 11) is 0. The van der Waals surface area contributed by atoms with Gasteiger partial charge in [0.1, 0.15) is 0 Å². The van der Waals surface area contributed by atoms with Gasteiger partial charge in [-0.25, -0.2) is 4.79 Å². The fourth-order valence-corrected chi connectivity index (χ4v) is 2.94. The molecular weight excluding hydrogens is 272 g/mol. The zero-order valence-electron chi connectivity index (χ0n) is 13.0. The van der Waals surface area contributed by atoms with E-state index in [-0.39, 0.29) is 6.03 Å². The van der Waals surface area contributed by atoms with Crippen LogP contribution in [0.4, 0.5) is 4.79 Å². The second-order valence-electron chi connectivity index (χ2n) is 5.76. The molecule has 0 atom stereocenters. The number of hydrogen-bond donors (Lipinski definition) is 1. The van der Waals surface area contributed by atoms with Crippen LogP contribution in [0.25, 0.3) is 11.1 Å². The van der Waals surface area contributed by atoms with Gasteiger partial charge in [0, 0.05) is 19.6 Å². The summed E-state index contributed by atoms with van der Waals surface area (Å²) in [5.74, 6) is 0. The van der Waals surface area contributed by atoms with Gasteiger partial charge < -0.3 is 10.2 Å². The highest BCUT2D eigenvalue weighted by Gasteiger charge is 2.21. The Labute approximate surface area is 132 Å². The van der Waals surface area contributed by atoms with E-state index in [2.05, 4.69) is 48.6 Å². The quantitative estimate of drug-likeness (QED) is 0.846. The van der Waals surface area contributed by atoms with Gasteiger partial charge in [0.05, 0.1) is 0 Å². The largest absolute Gasteiger partial charge is 0.338 e. The third-order valence-electron chi connectivity index (χ3n) is 4.14. The lowest BCUT2D eigenvalue weighted by Gasteiger charge is -2.22. The van der Waals surface area contributed by atoms with Crippen LogP contribution in [0.5, 0.6) is 0 Å². The first-order valence-electron chi connectivity index (χ1n) is 7.98. The number of unbranched alkanes of at least 4 members (excludes halogenated alkanes) is 1. The second kappa shape index (κ2) is 6.65. The topological polar surface area (TPSA) is 32.3 Å². The first-order valence-corrected chi connectivity index (χ1v) is 7.98. The minimum absolute atomic E-state index is 0.0277. The Balaban J connectivity index is 1.90. The van der Waals surface area contributed by atoms with E-state index < -0.39 is 0 Å². The van der Waals surface area contributed by atoms with Gasteiger partial charge in [-0.1, -0.05) is 61.9 Å². The van der Waals surface area contributed by atoms with Gasteiger partial charge in [-0.05, 0) is 28.7 Å². The first kappa shape index (κ1) is 14.6. The van der Waals surface area contributed by atoms with Crippen LogP contribution in [0.3, 0.4) is 0 Å². The van der Waals surface area contributed by atoms with Gasteiger partial charge in [0.2, 0.25) is 0 Å². The molecule has 1 heterocycles. The zero-order valence-corrected chi connectivity index (χ0v) is 13.0. The van der Waals surface area contributed by atoms with Gasteiger partial charge in [-0.3, -0.25) is 0 Å². The van der Waals surface area contributed by atoms with Crippen LogP contribution >= 0.6 is 0 Å². The number of nitrogens with one attached hydrogen (secondary N) is 1. The van der Waals surface area contributed by atoms with Gasteiger partial charge in [0.25, 0.3) is 0 Å². The summed E-state index contributed by atoms with van der Waals surface area (Å²) in [6.07, 6.45) is 2.11. The molecule has 0 saturated carbocycles. The third kappa shape index (κ3) is 2.98. The molecule has 0 unspecified atom stereocenters. The van der Waals surface area contributed by atoms with E-state index in [4.69, 9.17) is 0 Å². The standard InChI is InChI=1S/C19H22N2O/c1-2-3-12-20-19(22)21-13-15-8-4-6-10-17(15)18-11-7-5-9-16(18)14-21/h4-11H,2-3,12-14H2,1H3,(H,20,22). The number of hydrogen-bond acceptors (Lipinski definition) is 1. The van der Waals surface area contributed by atoms with Gasteiger partial charge in [-0.2, -0.15) is 0 Å². The average molecular weight is 294 g/mol. The van der Waals surface area contributed by atoms with E-state index in [1.807, 2.05) is 17.0 Å². The summed E-state index contributed by atoms with van der Waals surface area (Å²) < 4.78 is 0. The number of benzene rings is 2. The highest BCUT2D eigenvalue weighted by Crippen LogP contribution is 2.32. The smallest absolute Gasteiger partial charge is 0.318 e. The molecular formula is C19H22N2O. The summed E-state index contributed by atoms with van der Waals surface area (Å²) in [6, 6.07) is 16.8. The maximum absolute atomic E-state index is 12.5. The number of amides is 2. The van der Waals surface area contributed by atoms with Crippen molar-refractivity contribution in [2.45, 2.75) is 32.9 Å². The highest BCUT2D eigenvalue weighted by atomic mass is 16.2. The molecule has 0 aromatic heterocycles. The zero-order chi connectivity index (χ0) is 15.4. The lowest BCUT2D eigenvalue weighted by atomic mass is 9.97. The molecule has 0 bridgehead atoms. The molecule has 22 heavy (non-hydrogen) atoms. The molecule has 2 aromatic rings. The number of urea groups is 1. The van der Waals surface area contributed by atoms with Crippen molar-refractivity contribution in [1.29, 1.82) is 0 Å². The Hall–Kier alpha value is -2.29. The lowest BCUT2D eigenvalue weighted by Crippen LogP contribution is -2.39. The number of carbonyl (C=O) groups is 1. The number of fused-ring (bicyclic) bond motifs is 3. The number of carbonyl (C=O) groups excluding carboxylic acids is 1. The van der Waals surface area contributed by atoms with E-state index in [9.17, 15) is 4.79 Å². The number of rotatable bonds is 3. The summed E-state index contributed by atoms with van der Waals surface area (Å²) in [4.78, 5) is 14.4. The van der Waals surface area contributed by atoms with Gasteiger partial charge in [-0.15, -0.1) is 0 Å². The van der Waals surface area contributed by atoms with E-state index in [1.54, 1.807) is 0 Å². The molecule has 1 N–H and O–H groups in total. The average Bonchev–Trinajstić information content (AvgIpc) is 2.72. The molecule has 0 fully saturated rings. The van der Waals surface area contributed by atoms with Crippen molar-refractivity contribution in [2.24, 2.45) is 0 Å². The van der Waals surface area contributed by atoms with Crippen LogP contribution in [0.1, 0.15) is 30.9 Å². The second-order valence-corrected chi connectivity index (χ2v) is 5.76. The summed E-state index contributed by atoms with van der Waals surface area (Å²) >= 11 is 0. The molecule has 0 spiro atoms. The molecule has 114 valence electrons. The molecule has 0 saturated heterocycles. The number of nitrogens with zero attached hydrogens (tertiary/aromatic N) is 1. The van der Waals surface area contributed by atoms with Gasteiger partial charge in [0.15, 0.2) is 0 Å².